The number of carbonyl (C=O) groups excluding carboxylic acids is 2. The third-order valence-electron chi connectivity index (χ3n) is 17.0. The van der Waals surface area contributed by atoms with E-state index in [1.807, 2.05) is 12.1 Å². The summed E-state index contributed by atoms with van der Waals surface area (Å²) in [4.78, 5) is 43.5. The summed E-state index contributed by atoms with van der Waals surface area (Å²) in [6.07, 6.45) is 12.5. The maximum atomic E-state index is 14.6. The number of rotatable bonds is 7. The highest BCUT2D eigenvalue weighted by Crippen LogP contribution is 2.76. The highest BCUT2D eigenvalue weighted by Gasteiger charge is 2.69. The molecule has 1 aromatic carbocycles. The Morgan fingerprint density at radius 1 is 0.830 bits per heavy atom. The number of piperazine rings is 1. The van der Waals surface area contributed by atoms with Crippen LogP contribution in [0.5, 0.6) is 5.75 Å². The van der Waals surface area contributed by atoms with Crippen molar-refractivity contribution in [2.45, 2.75) is 132 Å². The topological polar surface area (TPSA) is 96.4 Å². The first-order valence-electron chi connectivity index (χ1n) is 20.7. The number of carboxylic acid groups (broad SMARTS) is 1. The Bertz CT molecular complexity index is 1650. The van der Waals surface area contributed by atoms with Crippen LogP contribution in [0, 0.1) is 50.2 Å². The lowest BCUT2D eigenvalue weighted by atomic mass is 9.33. The van der Waals surface area contributed by atoms with E-state index in [1.54, 1.807) is 12.7 Å². The van der Waals surface area contributed by atoms with Crippen LogP contribution >= 0.6 is 0 Å². The minimum atomic E-state index is -0.963. The molecule has 0 spiro atoms. The van der Waals surface area contributed by atoms with Gasteiger partial charge in [0, 0.05) is 37.0 Å². The van der Waals surface area contributed by atoms with Gasteiger partial charge in [-0.1, -0.05) is 72.2 Å². The van der Waals surface area contributed by atoms with Gasteiger partial charge in [0.2, 0.25) is 5.91 Å². The van der Waals surface area contributed by atoms with Gasteiger partial charge in [0.1, 0.15) is 11.9 Å². The fourth-order valence-electron chi connectivity index (χ4n) is 13.5. The van der Waals surface area contributed by atoms with Gasteiger partial charge in [-0.3, -0.25) is 14.4 Å². The molecule has 8 heteroatoms. The van der Waals surface area contributed by atoms with Gasteiger partial charge in [-0.15, -0.1) is 0 Å². The van der Waals surface area contributed by atoms with E-state index in [0.717, 1.165) is 95.4 Å². The predicted molar refractivity (Wildman–Crippen MR) is 208 cm³/mol. The number of esters is 1. The molecule has 53 heavy (non-hydrogen) atoms. The maximum absolute atomic E-state index is 14.6. The molecule has 4 unspecified atom stereocenters. The van der Waals surface area contributed by atoms with E-state index in [4.69, 9.17) is 9.47 Å². The Morgan fingerprint density at radius 3 is 2.23 bits per heavy atom. The molecule has 292 valence electrons. The number of allylic oxidation sites excluding steroid dienone is 2. The van der Waals surface area contributed by atoms with Gasteiger partial charge in [0.15, 0.2) is 0 Å². The zero-order valence-corrected chi connectivity index (χ0v) is 33.9. The third-order valence-corrected chi connectivity index (χ3v) is 17.0. The average molecular weight is 731 g/mol. The van der Waals surface area contributed by atoms with E-state index < -0.39 is 5.97 Å². The van der Waals surface area contributed by atoms with Gasteiger partial charge in [-0.2, -0.15) is 0 Å². The molecule has 1 N–H and O–H groups in total. The smallest absolute Gasteiger partial charge is 0.306 e. The number of anilines is 1. The van der Waals surface area contributed by atoms with E-state index in [1.165, 1.54) is 6.42 Å². The molecule has 1 heterocycles. The highest BCUT2D eigenvalue weighted by molar-refractivity contribution is 5.83. The third kappa shape index (κ3) is 6.02. The van der Waals surface area contributed by atoms with Crippen LogP contribution in [0.3, 0.4) is 0 Å². The van der Waals surface area contributed by atoms with E-state index in [-0.39, 0.29) is 57.4 Å². The van der Waals surface area contributed by atoms with E-state index >= 15 is 0 Å². The number of methoxy groups -OCH3 is 1. The molecule has 5 fully saturated rings. The number of carboxylic acids is 1. The quantitative estimate of drug-likeness (QED) is 0.221. The summed E-state index contributed by atoms with van der Waals surface area (Å²) in [5.41, 5.74) is 2.46. The number of amides is 1. The molecule has 5 aliphatic carbocycles. The molecule has 0 bridgehead atoms. The Balaban J connectivity index is 1.14. The lowest BCUT2D eigenvalue weighted by molar-refractivity contribution is -0.229. The van der Waals surface area contributed by atoms with Crippen molar-refractivity contribution < 1.29 is 29.0 Å². The maximum Gasteiger partial charge on any atom is 0.306 e. The minimum absolute atomic E-state index is 0.00477. The number of aliphatic carboxylic acids is 1. The molecule has 6 aliphatic rings. The number of benzene rings is 1. The van der Waals surface area contributed by atoms with Crippen molar-refractivity contribution >= 4 is 23.5 Å². The monoisotopic (exact) mass is 730 g/mol. The first kappa shape index (κ1) is 38.3. The van der Waals surface area contributed by atoms with Crippen LogP contribution in [0.15, 0.2) is 35.9 Å². The molecule has 0 aromatic heterocycles. The SMILES string of the molecule is COc1ccccc1N1CCN(C(=O)C2(C)CC[C@]3(C)CC[C@]4(C)C(=CCC5[C@@]6(C)C(OC(=O)CCC(=O)O)CCC(C)(C)C6CC[C@]54C)[C@@H]3C2)CC1. The van der Waals surface area contributed by atoms with Crippen LogP contribution in [0.4, 0.5) is 5.69 Å². The lowest BCUT2D eigenvalue weighted by Gasteiger charge is -2.71. The van der Waals surface area contributed by atoms with Crippen LogP contribution in [0.2, 0.25) is 0 Å². The van der Waals surface area contributed by atoms with Gasteiger partial charge < -0.3 is 24.4 Å². The van der Waals surface area contributed by atoms with Crippen molar-refractivity contribution in [3.8, 4) is 5.75 Å². The summed E-state index contributed by atoms with van der Waals surface area (Å²) in [5, 5.41) is 9.26. The number of hydrogen-bond donors (Lipinski definition) is 1. The van der Waals surface area contributed by atoms with Crippen LogP contribution in [-0.4, -0.2) is 67.2 Å². The first-order chi connectivity index (χ1) is 24.9. The summed E-state index contributed by atoms with van der Waals surface area (Å²) in [7, 11) is 1.72. The van der Waals surface area contributed by atoms with Crippen molar-refractivity contribution in [1.82, 2.24) is 4.90 Å². The molecular weight excluding hydrogens is 665 g/mol. The number of hydrogen-bond acceptors (Lipinski definition) is 6. The van der Waals surface area contributed by atoms with E-state index in [9.17, 15) is 19.5 Å². The molecule has 0 radical (unpaired) electrons. The molecule has 4 saturated carbocycles. The summed E-state index contributed by atoms with van der Waals surface area (Å²) in [6.45, 7) is 20.2. The summed E-state index contributed by atoms with van der Waals surface area (Å²) >= 11 is 0. The number of ether oxygens (including phenoxy) is 2. The number of carbonyl (C=O) groups is 3. The Kier molecular flexibility index (Phi) is 9.62. The molecule has 7 rings (SSSR count). The first-order valence-corrected chi connectivity index (χ1v) is 20.7. The highest BCUT2D eigenvalue weighted by atomic mass is 16.5. The van der Waals surface area contributed by atoms with E-state index in [2.05, 4.69) is 76.5 Å². The second-order valence-corrected chi connectivity index (χ2v) is 20.0. The van der Waals surface area contributed by atoms with E-state index in [0.29, 0.717) is 23.7 Å². The molecule has 8 nitrogen and oxygen atoms in total. The Hall–Kier alpha value is -3.03. The van der Waals surface area contributed by atoms with Crippen molar-refractivity contribution in [1.29, 1.82) is 0 Å². The zero-order chi connectivity index (χ0) is 38.2. The second-order valence-electron chi connectivity index (χ2n) is 20.0. The zero-order valence-electron chi connectivity index (χ0n) is 33.9. The van der Waals surface area contributed by atoms with Crippen molar-refractivity contribution in [2.75, 3.05) is 38.2 Å². The fourth-order valence-corrected chi connectivity index (χ4v) is 13.5. The Morgan fingerprint density at radius 2 is 1.53 bits per heavy atom. The van der Waals surface area contributed by atoms with Crippen molar-refractivity contribution in [3.63, 3.8) is 0 Å². The number of para-hydroxylation sites is 2. The predicted octanol–water partition coefficient (Wildman–Crippen LogP) is 8.92. The molecule has 9 atom stereocenters. The van der Waals surface area contributed by atoms with Gasteiger partial charge in [-0.05, 0) is 116 Å². The van der Waals surface area contributed by atoms with Gasteiger partial charge in [-0.25, -0.2) is 0 Å². The van der Waals surface area contributed by atoms with Crippen LogP contribution in [0.25, 0.3) is 0 Å². The largest absolute Gasteiger partial charge is 0.495 e. The van der Waals surface area contributed by atoms with Crippen LogP contribution < -0.4 is 9.64 Å². The van der Waals surface area contributed by atoms with Crippen molar-refractivity contribution in [3.05, 3.63) is 35.9 Å². The van der Waals surface area contributed by atoms with Crippen molar-refractivity contribution in [2.24, 2.45) is 50.2 Å². The average Bonchev–Trinajstić information content (AvgIpc) is 3.12. The molecule has 1 amide bonds. The fraction of sp³-hybridized carbons (Fsp3) is 0.756. The van der Waals surface area contributed by atoms with Gasteiger partial charge in [0.25, 0.3) is 0 Å². The standard InChI is InChI=1S/C45H66N2O6/c1-40(2)19-18-36(53-38(50)16-15-37(48)49)45(7)34(40)17-20-44(6)35(45)14-13-30-31-29-42(4,22-21-41(31,3)23-24-43(30,44)5)39(51)47-27-25-46(26-28-47)32-11-9-10-12-33(32)52-8/h9-13,31,34-36H,14-29H2,1-8H3,(H,48,49)/t31-,34?,35?,36?,41+,42?,43+,44+,45-/m0/s1. The van der Waals surface area contributed by atoms with Gasteiger partial charge >= 0.3 is 11.9 Å². The van der Waals surface area contributed by atoms with Crippen LogP contribution in [0.1, 0.15) is 126 Å². The molecular formula is C45H66N2O6. The second kappa shape index (κ2) is 13.3. The number of nitrogens with zero attached hydrogens (tertiary/aromatic N) is 2. The normalized spacial score (nSPS) is 40.4. The molecule has 1 saturated heterocycles. The number of fused-ring (bicyclic) bond motifs is 7. The molecule has 1 aliphatic heterocycles. The lowest BCUT2D eigenvalue weighted by Crippen LogP contribution is -2.66. The minimum Gasteiger partial charge on any atom is -0.495 e. The summed E-state index contributed by atoms with van der Waals surface area (Å²) < 4.78 is 12.0. The molecule has 1 aromatic rings. The summed E-state index contributed by atoms with van der Waals surface area (Å²) in [5.74, 6) is 1.01. The van der Waals surface area contributed by atoms with Crippen LogP contribution in [-0.2, 0) is 19.1 Å². The summed E-state index contributed by atoms with van der Waals surface area (Å²) in [6, 6.07) is 8.17. The Labute approximate surface area is 318 Å². The van der Waals surface area contributed by atoms with Gasteiger partial charge in [0.05, 0.1) is 25.6 Å².